The van der Waals surface area contributed by atoms with Gasteiger partial charge in [0.1, 0.15) is 6.10 Å². The standard InChI is InChI=1S/C18H29NO3S/c1-13(2)11-16(17-8-6-10-23-17)19-18(20)14(3)22-12-15-7-4-5-9-21-15/h6,8,10,13-16H,4-5,7,9,11-12H2,1-3H3,(H,19,20). The van der Waals surface area contributed by atoms with Gasteiger partial charge >= 0.3 is 0 Å². The third kappa shape index (κ3) is 6.24. The Hall–Kier alpha value is -0.910. The van der Waals surface area contributed by atoms with Gasteiger partial charge in [-0.25, -0.2) is 0 Å². The Morgan fingerprint density at radius 1 is 1.43 bits per heavy atom. The Balaban J connectivity index is 1.82. The van der Waals surface area contributed by atoms with Crippen LogP contribution in [0.2, 0.25) is 0 Å². The highest BCUT2D eigenvalue weighted by Crippen LogP contribution is 2.25. The van der Waals surface area contributed by atoms with Crippen molar-refractivity contribution in [1.82, 2.24) is 5.32 Å². The number of amides is 1. The Bertz CT molecular complexity index is 455. The van der Waals surface area contributed by atoms with Crippen molar-refractivity contribution in [1.29, 1.82) is 0 Å². The van der Waals surface area contributed by atoms with Gasteiger partial charge in [-0.1, -0.05) is 19.9 Å². The molecule has 3 unspecified atom stereocenters. The van der Waals surface area contributed by atoms with Crippen LogP contribution in [-0.4, -0.2) is 31.3 Å². The molecule has 1 aromatic heterocycles. The number of carbonyl (C=O) groups is 1. The molecule has 0 aliphatic carbocycles. The largest absolute Gasteiger partial charge is 0.376 e. The van der Waals surface area contributed by atoms with Crippen LogP contribution in [0.15, 0.2) is 17.5 Å². The second-order valence-electron chi connectivity index (χ2n) is 6.67. The summed E-state index contributed by atoms with van der Waals surface area (Å²) in [5.74, 6) is 0.481. The normalized spacial score (nSPS) is 21.1. The molecule has 1 aliphatic rings. The van der Waals surface area contributed by atoms with Gasteiger partial charge in [-0.05, 0) is 50.0 Å². The number of hydrogen-bond acceptors (Lipinski definition) is 4. The second kappa shape index (κ2) is 9.40. The Kier molecular flexibility index (Phi) is 7.53. The molecule has 1 fully saturated rings. The topological polar surface area (TPSA) is 47.6 Å². The molecule has 0 radical (unpaired) electrons. The summed E-state index contributed by atoms with van der Waals surface area (Å²) in [7, 11) is 0. The summed E-state index contributed by atoms with van der Waals surface area (Å²) >= 11 is 1.69. The first kappa shape index (κ1) is 18.4. The quantitative estimate of drug-likeness (QED) is 0.781. The molecule has 4 nitrogen and oxygen atoms in total. The number of hydrogen-bond donors (Lipinski definition) is 1. The van der Waals surface area contributed by atoms with Gasteiger partial charge in [0.25, 0.3) is 0 Å². The van der Waals surface area contributed by atoms with Crippen LogP contribution in [0.1, 0.15) is 57.4 Å². The van der Waals surface area contributed by atoms with E-state index in [2.05, 4.69) is 30.6 Å². The van der Waals surface area contributed by atoms with Crippen LogP contribution >= 0.6 is 11.3 Å². The zero-order valence-corrected chi connectivity index (χ0v) is 15.2. The lowest BCUT2D eigenvalue weighted by Gasteiger charge is -2.25. The first-order chi connectivity index (χ1) is 11.1. The maximum Gasteiger partial charge on any atom is 0.249 e. The molecule has 1 aromatic rings. The van der Waals surface area contributed by atoms with Crippen molar-refractivity contribution in [3.8, 4) is 0 Å². The lowest BCUT2D eigenvalue weighted by Crippen LogP contribution is -2.39. The van der Waals surface area contributed by atoms with E-state index in [1.807, 2.05) is 13.0 Å². The highest BCUT2D eigenvalue weighted by atomic mass is 32.1. The zero-order chi connectivity index (χ0) is 16.7. The first-order valence-corrected chi connectivity index (χ1v) is 9.51. The number of rotatable bonds is 8. The summed E-state index contributed by atoms with van der Waals surface area (Å²) in [6, 6.07) is 4.18. The van der Waals surface area contributed by atoms with E-state index < -0.39 is 6.10 Å². The molecule has 0 spiro atoms. The Morgan fingerprint density at radius 2 is 2.26 bits per heavy atom. The van der Waals surface area contributed by atoms with Crippen molar-refractivity contribution >= 4 is 17.2 Å². The minimum absolute atomic E-state index is 0.0418. The predicted molar refractivity (Wildman–Crippen MR) is 93.7 cm³/mol. The van der Waals surface area contributed by atoms with Gasteiger partial charge in [-0.15, -0.1) is 11.3 Å². The van der Waals surface area contributed by atoms with Gasteiger partial charge < -0.3 is 14.8 Å². The Morgan fingerprint density at radius 3 is 2.87 bits per heavy atom. The molecule has 0 saturated carbocycles. The fourth-order valence-electron chi connectivity index (χ4n) is 2.76. The van der Waals surface area contributed by atoms with Crippen molar-refractivity contribution in [2.45, 2.75) is 64.7 Å². The van der Waals surface area contributed by atoms with Crippen molar-refractivity contribution in [2.24, 2.45) is 5.92 Å². The van der Waals surface area contributed by atoms with E-state index in [0.29, 0.717) is 12.5 Å². The molecule has 2 heterocycles. The summed E-state index contributed by atoms with van der Waals surface area (Å²) in [4.78, 5) is 13.6. The molecule has 23 heavy (non-hydrogen) atoms. The Labute approximate surface area is 143 Å². The molecule has 1 amide bonds. The molecule has 0 aromatic carbocycles. The van der Waals surface area contributed by atoms with E-state index >= 15 is 0 Å². The van der Waals surface area contributed by atoms with Gasteiger partial charge in [0.2, 0.25) is 5.91 Å². The van der Waals surface area contributed by atoms with Crippen LogP contribution in [0.5, 0.6) is 0 Å². The van der Waals surface area contributed by atoms with Crippen LogP contribution in [0.3, 0.4) is 0 Å². The van der Waals surface area contributed by atoms with Gasteiger partial charge in [0.15, 0.2) is 0 Å². The van der Waals surface area contributed by atoms with E-state index in [9.17, 15) is 4.79 Å². The third-order valence-corrected chi connectivity index (χ3v) is 5.07. The summed E-state index contributed by atoms with van der Waals surface area (Å²) in [5, 5.41) is 5.19. The number of carbonyl (C=O) groups excluding carboxylic acids is 1. The van der Waals surface area contributed by atoms with Crippen molar-refractivity contribution < 1.29 is 14.3 Å². The van der Waals surface area contributed by atoms with Crippen LogP contribution in [0.4, 0.5) is 0 Å². The van der Waals surface area contributed by atoms with Crippen LogP contribution in [-0.2, 0) is 14.3 Å². The molecule has 1 N–H and O–H groups in total. The van der Waals surface area contributed by atoms with Crippen LogP contribution in [0, 0.1) is 5.92 Å². The third-order valence-electron chi connectivity index (χ3n) is 4.09. The van der Waals surface area contributed by atoms with Crippen LogP contribution < -0.4 is 5.32 Å². The zero-order valence-electron chi connectivity index (χ0n) is 14.4. The molecule has 2 rings (SSSR count). The molecule has 130 valence electrons. The van der Waals surface area contributed by atoms with Gasteiger partial charge in [0, 0.05) is 11.5 Å². The average Bonchev–Trinajstić information content (AvgIpc) is 3.07. The molecule has 1 saturated heterocycles. The SMILES string of the molecule is CC(C)CC(NC(=O)C(C)OCC1CCCCO1)c1cccs1. The smallest absolute Gasteiger partial charge is 0.249 e. The molecular formula is C18H29NO3S. The lowest BCUT2D eigenvalue weighted by atomic mass is 10.0. The minimum Gasteiger partial charge on any atom is -0.376 e. The average molecular weight is 340 g/mol. The minimum atomic E-state index is -0.449. The van der Waals surface area contributed by atoms with Crippen molar-refractivity contribution in [2.75, 3.05) is 13.2 Å². The number of ether oxygens (including phenoxy) is 2. The number of nitrogens with one attached hydrogen (secondary N) is 1. The van der Waals surface area contributed by atoms with E-state index in [1.54, 1.807) is 11.3 Å². The van der Waals surface area contributed by atoms with Crippen molar-refractivity contribution in [3.63, 3.8) is 0 Å². The fraction of sp³-hybridized carbons (Fsp3) is 0.722. The van der Waals surface area contributed by atoms with E-state index in [4.69, 9.17) is 9.47 Å². The molecule has 3 atom stereocenters. The van der Waals surface area contributed by atoms with Gasteiger partial charge in [-0.3, -0.25) is 4.79 Å². The maximum atomic E-state index is 12.4. The van der Waals surface area contributed by atoms with Gasteiger partial charge in [0.05, 0.1) is 18.8 Å². The molecule has 0 bridgehead atoms. The molecular weight excluding hydrogens is 310 g/mol. The second-order valence-corrected chi connectivity index (χ2v) is 7.65. The summed E-state index contributed by atoms with van der Waals surface area (Å²) in [6.45, 7) is 7.48. The maximum absolute atomic E-state index is 12.4. The van der Waals surface area contributed by atoms with E-state index in [1.165, 1.54) is 11.3 Å². The highest BCUT2D eigenvalue weighted by Gasteiger charge is 2.22. The van der Waals surface area contributed by atoms with Crippen molar-refractivity contribution in [3.05, 3.63) is 22.4 Å². The van der Waals surface area contributed by atoms with E-state index in [0.717, 1.165) is 25.9 Å². The molecule has 1 aliphatic heterocycles. The summed E-state index contributed by atoms with van der Waals surface area (Å²) in [5.41, 5.74) is 0. The summed E-state index contributed by atoms with van der Waals surface area (Å²) < 4.78 is 11.4. The number of thiophene rings is 1. The predicted octanol–water partition coefficient (Wildman–Crippen LogP) is 3.93. The van der Waals surface area contributed by atoms with Gasteiger partial charge in [-0.2, -0.15) is 0 Å². The highest BCUT2D eigenvalue weighted by molar-refractivity contribution is 7.10. The summed E-state index contributed by atoms with van der Waals surface area (Å²) in [6.07, 6.45) is 3.97. The molecule has 5 heteroatoms. The lowest BCUT2D eigenvalue weighted by molar-refractivity contribution is -0.136. The van der Waals surface area contributed by atoms with E-state index in [-0.39, 0.29) is 18.1 Å². The first-order valence-electron chi connectivity index (χ1n) is 8.63. The fourth-order valence-corrected chi connectivity index (χ4v) is 3.55. The monoisotopic (exact) mass is 339 g/mol. The van der Waals surface area contributed by atoms with Crippen LogP contribution in [0.25, 0.3) is 0 Å².